The molecular weight excluding hydrogens is 267 g/mol. The Balaban J connectivity index is 2.22. The molecule has 0 amide bonds. The lowest BCUT2D eigenvalue weighted by Crippen LogP contribution is -2.32. The quantitative estimate of drug-likeness (QED) is 0.814. The molecule has 1 heterocycles. The summed E-state index contributed by atoms with van der Waals surface area (Å²) >= 11 is 0. The van der Waals surface area contributed by atoms with Gasteiger partial charge in [-0.25, -0.2) is 4.39 Å². The Hall–Kier alpha value is -1.39. The van der Waals surface area contributed by atoms with Gasteiger partial charge in [0.25, 0.3) is 0 Å². The van der Waals surface area contributed by atoms with E-state index in [-0.39, 0.29) is 11.9 Å². The van der Waals surface area contributed by atoms with Crippen molar-refractivity contribution in [2.24, 2.45) is 0 Å². The van der Waals surface area contributed by atoms with Gasteiger partial charge in [-0.15, -0.1) is 0 Å². The molecule has 3 nitrogen and oxygen atoms in total. The van der Waals surface area contributed by atoms with Crippen molar-refractivity contribution in [3.8, 4) is 0 Å². The van der Waals surface area contributed by atoms with Crippen LogP contribution in [0.5, 0.6) is 0 Å². The average Bonchev–Trinajstić information content (AvgIpc) is 2.48. The number of nitrogens with zero attached hydrogens (tertiary/aromatic N) is 1. The smallest absolute Gasteiger partial charge is 0.130 e. The summed E-state index contributed by atoms with van der Waals surface area (Å²) in [6.45, 7) is 7.29. The molecule has 1 N–H and O–H groups in total. The first-order valence-electron chi connectivity index (χ1n) is 7.61. The van der Waals surface area contributed by atoms with E-state index < -0.39 is 0 Å². The van der Waals surface area contributed by atoms with Crippen molar-refractivity contribution in [3.05, 3.63) is 41.2 Å². The van der Waals surface area contributed by atoms with Crippen LogP contribution in [0.3, 0.4) is 0 Å². The largest absolute Gasteiger partial charge is 0.380 e. The van der Waals surface area contributed by atoms with Crippen molar-refractivity contribution in [3.63, 3.8) is 0 Å². The van der Waals surface area contributed by atoms with E-state index in [1.54, 1.807) is 19.2 Å². The second-order valence-electron chi connectivity index (χ2n) is 5.44. The summed E-state index contributed by atoms with van der Waals surface area (Å²) in [5, 5.41) is 3.31. The predicted molar refractivity (Wildman–Crippen MR) is 85.3 cm³/mol. The summed E-state index contributed by atoms with van der Waals surface area (Å²) in [4.78, 5) is 2.24. The van der Waals surface area contributed by atoms with Crippen LogP contribution in [0.15, 0.2) is 29.8 Å². The van der Waals surface area contributed by atoms with Crippen molar-refractivity contribution in [1.29, 1.82) is 0 Å². The van der Waals surface area contributed by atoms with Crippen molar-refractivity contribution in [2.75, 3.05) is 38.3 Å². The van der Waals surface area contributed by atoms with Crippen LogP contribution in [0.1, 0.15) is 31.9 Å². The highest BCUT2D eigenvalue weighted by molar-refractivity contribution is 5.56. The van der Waals surface area contributed by atoms with Crippen LogP contribution < -0.4 is 10.2 Å². The second-order valence-corrected chi connectivity index (χ2v) is 5.44. The third kappa shape index (κ3) is 3.83. The fourth-order valence-corrected chi connectivity index (χ4v) is 2.88. The lowest BCUT2D eigenvalue weighted by molar-refractivity contribution is 0.222. The third-order valence-electron chi connectivity index (χ3n) is 3.95. The fraction of sp³-hybridized carbons (Fsp3) is 0.529. The maximum Gasteiger partial charge on any atom is 0.130 e. The number of benzene rings is 1. The van der Waals surface area contributed by atoms with Gasteiger partial charge in [0, 0.05) is 37.5 Å². The summed E-state index contributed by atoms with van der Waals surface area (Å²) in [5.41, 5.74) is 3.09. The monoisotopic (exact) mass is 292 g/mol. The molecule has 0 aliphatic carbocycles. The molecule has 1 aromatic carbocycles. The molecule has 0 aromatic heterocycles. The van der Waals surface area contributed by atoms with Gasteiger partial charge in [-0.3, -0.25) is 0 Å². The van der Waals surface area contributed by atoms with Crippen molar-refractivity contribution >= 4 is 5.69 Å². The molecule has 1 unspecified atom stereocenters. The van der Waals surface area contributed by atoms with Crippen LogP contribution in [0.4, 0.5) is 10.1 Å². The zero-order chi connectivity index (χ0) is 15.2. The lowest BCUT2D eigenvalue weighted by Gasteiger charge is -2.31. The highest BCUT2D eigenvalue weighted by Crippen LogP contribution is 2.30. The third-order valence-corrected chi connectivity index (χ3v) is 3.95. The van der Waals surface area contributed by atoms with Crippen molar-refractivity contribution < 1.29 is 9.13 Å². The molecule has 1 aliphatic rings. The zero-order valence-electron chi connectivity index (χ0n) is 13.2. The molecule has 1 atom stereocenters. The lowest BCUT2D eigenvalue weighted by atomic mass is 10.0. The van der Waals surface area contributed by atoms with Crippen LogP contribution in [-0.2, 0) is 4.74 Å². The van der Waals surface area contributed by atoms with E-state index in [2.05, 4.69) is 16.3 Å². The Kier molecular flexibility index (Phi) is 5.76. The minimum Gasteiger partial charge on any atom is -0.380 e. The van der Waals surface area contributed by atoms with Gasteiger partial charge in [0.15, 0.2) is 0 Å². The Morgan fingerprint density at radius 1 is 1.43 bits per heavy atom. The number of hydrogen-bond acceptors (Lipinski definition) is 3. The molecular formula is C17H25FN2O. The van der Waals surface area contributed by atoms with Crippen LogP contribution >= 0.6 is 0 Å². The molecule has 1 aromatic rings. The number of nitrogens with one attached hydrogen (secondary N) is 1. The van der Waals surface area contributed by atoms with Crippen molar-refractivity contribution in [2.45, 2.75) is 26.3 Å². The van der Waals surface area contributed by atoms with Crippen molar-refractivity contribution in [1.82, 2.24) is 5.32 Å². The van der Waals surface area contributed by atoms with E-state index in [4.69, 9.17) is 4.74 Å². The van der Waals surface area contributed by atoms with Gasteiger partial charge in [-0.05, 0) is 37.6 Å². The maximum absolute atomic E-state index is 14.3. The maximum atomic E-state index is 14.3. The normalized spacial score (nSPS) is 16.8. The van der Waals surface area contributed by atoms with Gasteiger partial charge >= 0.3 is 0 Å². The van der Waals surface area contributed by atoms with Gasteiger partial charge in [0.2, 0.25) is 0 Å². The molecule has 0 fully saturated rings. The zero-order valence-corrected chi connectivity index (χ0v) is 13.2. The van der Waals surface area contributed by atoms with Crippen LogP contribution in [0.2, 0.25) is 0 Å². The van der Waals surface area contributed by atoms with E-state index in [1.807, 2.05) is 19.9 Å². The van der Waals surface area contributed by atoms with Gasteiger partial charge in [0.1, 0.15) is 5.82 Å². The van der Waals surface area contributed by atoms with E-state index in [9.17, 15) is 4.39 Å². The first kappa shape index (κ1) is 16.0. The van der Waals surface area contributed by atoms with Gasteiger partial charge in [-0.2, -0.15) is 0 Å². The van der Waals surface area contributed by atoms with E-state index in [1.165, 1.54) is 5.57 Å². The molecule has 21 heavy (non-hydrogen) atoms. The number of halogens is 1. The Morgan fingerprint density at radius 2 is 2.24 bits per heavy atom. The molecule has 2 rings (SSSR count). The molecule has 1 aliphatic heterocycles. The molecule has 0 spiro atoms. The molecule has 0 saturated heterocycles. The predicted octanol–water partition coefficient (Wildman–Crippen LogP) is 3.28. The Bertz CT molecular complexity index is 502. The first-order chi connectivity index (χ1) is 10.2. The standard InChI is InChI=1S/C17H25FN2O/c1-4-19-13(2)17-15(18)6-5-7-16(17)20-10-8-14(9-11-20)12-21-3/h5-8,13,19H,4,9-12H2,1-3H3. The second kappa shape index (κ2) is 7.57. The fourth-order valence-electron chi connectivity index (χ4n) is 2.88. The number of anilines is 1. The molecule has 116 valence electrons. The summed E-state index contributed by atoms with van der Waals surface area (Å²) in [7, 11) is 1.72. The molecule has 0 bridgehead atoms. The molecule has 0 saturated carbocycles. The average molecular weight is 292 g/mol. The summed E-state index contributed by atoms with van der Waals surface area (Å²) in [5.74, 6) is -0.132. The minimum atomic E-state index is -0.132. The topological polar surface area (TPSA) is 24.5 Å². The number of rotatable bonds is 6. The molecule has 0 radical (unpaired) electrons. The first-order valence-corrected chi connectivity index (χ1v) is 7.61. The number of hydrogen-bond donors (Lipinski definition) is 1. The Morgan fingerprint density at radius 3 is 2.86 bits per heavy atom. The van der Waals surface area contributed by atoms with Crippen LogP contribution in [0, 0.1) is 5.82 Å². The van der Waals surface area contributed by atoms with Gasteiger partial charge < -0.3 is 15.0 Å². The van der Waals surface area contributed by atoms with E-state index in [0.717, 1.165) is 37.3 Å². The number of ether oxygens (including phenoxy) is 1. The summed E-state index contributed by atoms with van der Waals surface area (Å²) in [6, 6.07) is 5.36. The van der Waals surface area contributed by atoms with Crippen LogP contribution in [-0.4, -0.2) is 33.4 Å². The SMILES string of the molecule is CCNC(C)c1c(F)cccc1N1CC=C(COC)CC1. The highest BCUT2D eigenvalue weighted by Gasteiger charge is 2.20. The van der Waals surface area contributed by atoms with E-state index >= 15 is 0 Å². The van der Waals surface area contributed by atoms with Gasteiger partial charge in [0.05, 0.1) is 6.61 Å². The van der Waals surface area contributed by atoms with Gasteiger partial charge in [-0.1, -0.05) is 19.1 Å². The Labute approximate surface area is 126 Å². The minimum absolute atomic E-state index is 0.00977. The van der Waals surface area contributed by atoms with E-state index in [0.29, 0.717) is 6.61 Å². The number of methoxy groups -OCH3 is 1. The molecule has 4 heteroatoms. The van der Waals surface area contributed by atoms with Crippen LogP contribution in [0.25, 0.3) is 0 Å². The highest BCUT2D eigenvalue weighted by atomic mass is 19.1. The summed E-state index contributed by atoms with van der Waals surface area (Å²) in [6.07, 6.45) is 3.17. The summed E-state index contributed by atoms with van der Waals surface area (Å²) < 4.78 is 19.5.